The van der Waals surface area contributed by atoms with Gasteiger partial charge in [-0.2, -0.15) is 0 Å². The maximum absolute atomic E-state index is 8.67. The van der Waals surface area contributed by atoms with Gasteiger partial charge >= 0.3 is 115 Å². The molecular weight excluding hydrogens is 239 g/mol. The molecule has 0 saturated carbocycles. The Bertz CT molecular complexity index is 65.7. The van der Waals surface area contributed by atoms with Crippen molar-refractivity contribution in [3.05, 3.63) is 0 Å². The van der Waals surface area contributed by atoms with E-state index >= 15 is 0 Å². The molecule has 0 aliphatic carbocycles. The summed E-state index contributed by atoms with van der Waals surface area (Å²) in [7, 11) is 0. The van der Waals surface area contributed by atoms with Crippen LogP contribution in [-0.2, 0) is 22.7 Å². The maximum atomic E-state index is 8.67. The Morgan fingerprint density at radius 3 is 1.50 bits per heavy atom. The zero-order valence-corrected chi connectivity index (χ0v) is 11.4. The molecule has 0 fully saturated rings. The predicted molar refractivity (Wildman–Crippen MR) is 5.82 cm³/mol. The number of hydrogen-bond acceptors (Lipinski definition) is 2. The molecule has 0 aliphatic heterocycles. The molecule has 6 heteroatoms. The first-order valence-corrected chi connectivity index (χ1v) is 2.33. The van der Waals surface area contributed by atoms with Gasteiger partial charge in [-0.05, 0) is 0 Å². The molecule has 28 valence electrons. The van der Waals surface area contributed by atoms with Crippen molar-refractivity contribution in [2.75, 3.05) is 0 Å². The fraction of sp³-hybridized carbons (Fsp3) is 0. The number of rotatable bonds is 0. The average Bonchev–Trinajstić information content (AvgIpc) is 0.811. The molecule has 1 N–H and O–H groups in total. The Hall–Kier alpha value is 2.79. The van der Waals surface area contributed by atoms with Crippen molar-refractivity contribution >= 4 is 0 Å². The quantitative estimate of drug-likeness (QED) is 0.429. The van der Waals surface area contributed by atoms with Gasteiger partial charge < -0.3 is 2.85 Å². The molecule has 0 saturated heterocycles. The van der Waals surface area contributed by atoms with Crippen molar-refractivity contribution in [1.82, 2.24) is 0 Å². The molecule has 0 atom stereocenters. The van der Waals surface area contributed by atoms with Crippen molar-refractivity contribution in [2.45, 2.75) is 0 Å². The van der Waals surface area contributed by atoms with Gasteiger partial charge in [0.05, 0.1) is 0 Å². The standard InChI is InChI=1S/Cs.Li.H2O.2O.V.2H/h;;1H2;;;;;/q2*+1;;;;+1;2*-1/p-1. The fourth-order valence-corrected chi connectivity index (χ4v) is 0. The monoisotopic (exact) mass is 242 g/mol. The third kappa shape index (κ3) is 29.2. The van der Waals surface area contributed by atoms with E-state index < -0.39 is 15.4 Å². The third-order valence-corrected chi connectivity index (χ3v) is 0. The average molecular weight is 242 g/mol. The van der Waals surface area contributed by atoms with Gasteiger partial charge in [0.2, 0.25) is 0 Å². The van der Waals surface area contributed by atoms with Crippen molar-refractivity contribution in [3.63, 3.8) is 0 Å². The van der Waals surface area contributed by atoms with Crippen LogP contribution in [0.1, 0.15) is 2.85 Å². The summed E-state index contributed by atoms with van der Waals surface area (Å²) in [5.41, 5.74) is 0. The SMILES string of the molecule is [Cs+].[H-].[H-].[Li+].[O]=[V](=[O])[OH]. The molecular formula is H3CsLiO3V. The summed E-state index contributed by atoms with van der Waals surface area (Å²) >= 11 is -3.69. The Morgan fingerprint density at radius 1 is 1.50 bits per heavy atom. The van der Waals surface area contributed by atoms with Crippen LogP contribution in [0.25, 0.3) is 0 Å². The van der Waals surface area contributed by atoms with Crippen LogP contribution in [0.15, 0.2) is 0 Å². The van der Waals surface area contributed by atoms with E-state index in [-0.39, 0.29) is 90.6 Å². The molecule has 0 amide bonds. The predicted octanol–water partition coefficient (Wildman–Crippen LogP) is -6.56. The topological polar surface area (TPSA) is 54.4 Å². The van der Waals surface area contributed by atoms with Gasteiger partial charge in [0, 0.05) is 0 Å². The summed E-state index contributed by atoms with van der Waals surface area (Å²) in [5, 5.41) is 0. The van der Waals surface area contributed by atoms with Crippen LogP contribution in [-0.4, -0.2) is 4.03 Å². The van der Waals surface area contributed by atoms with Gasteiger partial charge in [-0.1, -0.05) is 0 Å². The van der Waals surface area contributed by atoms with Gasteiger partial charge in [0.15, 0.2) is 0 Å². The Morgan fingerprint density at radius 2 is 1.50 bits per heavy atom. The summed E-state index contributed by atoms with van der Waals surface area (Å²) in [5.74, 6) is 0. The van der Waals surface area contributed by atoms with Crippen LogP contribution in [0, 0.1) is 0 Å². The van der Waals surface area contributed by atoms with Gasteiger partial charge in [-0.25, -0.2) is 0 Å². The minimum absolute atomic E-state index is 0. The van der Waals surface area contributed by atoms with Crippen molar-refractivity contribution in [2.24, 2.45) is 0 Å². The summed E-state index contributed by atoms with van der Waals surface area (Å²) in [6.45, 7) is 0. The van der Waals surface area contributed by atoms with Gasteiger partial charge in [0.25, 0.3) is 0 Å². The van der Waals surface area contributed by atoms with E-state index in [0.29, 0.717) is 0 Å². The molecule has 3 nitrogen and oxygen atoms in total. The molecule has 0 aliphatic rings. The van der Waals surface area contributed by atoms with E-state index in [4.69, 9.17) is 11.4 Å². The van der Waals surface area contributed by atoms with E-state index in [2.05, 4.69) is 0 Å². The third-order valence-electron chi connectivity index (χ3n) is 0. The van der Waals surface area contributed by atoms with E-state index in [1.807, 2.05) is 0 Å². The van der Waals surface area contributed by atoms with Crippen LogP contribution in [0.5, 0.6) is 0 Å². The van der Waals surface area contributed by atoms with Crippen LogP contribution >= 0.6 is 0 Å². The second-order valence-electron chi connectivity index (χ2n) is 0.238. The molecule has 0 radical (unpaired) electrons. The Kier molecular flexibility index (Phi) is 28.4. The minimum atomic E-state index is -3.69. The molecule has 0 heterocycles. The molecule has 0 spiro atoms. The van der Waals surface area contributed by atoms with Crippen LogP contribution in [0.4, 0.5) is 0 Å². The molecule has 0 bridgehead atoms. The first-order chi connectivity index (χ1) is 1.73. The summed E-state index contributed by atoms with van der Waals surface area (Å²) in [6, 6.07) is 0. The van der Waals surface area contributed by atoms with Crippen molar-refractivity contribution in [3.8, 4) is 0 Å². The second kappa shape index (κ2) is 10.7. The van der Waals surface area contributed by atoms with Crippen LogP contribution < -0.4 is 87.8 Å². The van der Waals surface area contributed by atoms with E-state index in [0.717, 1.165) is 0 Å². The zero-order valence-electron chi connectivity index (χ0n) is 5.71. The van der Waals surface area contributed by atoms with Crippen molar-refractivity contribution < 1.29 is 117 Å². The van der Waals surface area contributed by atoms with Crippen molar-refractivity contribution in [1.29, 1.82) is 0 Å². The van der Waals surface area contributed by atoms with E-state index in [1.54, 1.807) is 0 Å². The van der Waals surface area contributed by atoms with E-state index in [9.17, 15) is 0 Å². The molecule has 0 aromatic heterocycles. The van der Waals surface area contributed by atoms with Gasteiger partial charge in [-0.3, -0.25) is 0 Å². The Balaban J connectivity index is -0.00000000750. The molecule has 0 rings (SSSR count). The first kappa shape index (κ1) is 15.9. The summed E-state index contributed by atoms with van der Waals surface area (Å²) in [4.78, 5) is 0. The first-order valence-electron chi connectivity index (χ1n) is 0.565. The van der Waals surface area contributed by atoms with Crippen LogP contribution in [0.2, 0.25) is 0 Å². The fourth-order valence-electron chi connectivity index (χ4n) is 0. The second-order valence-corrected chi connectivity index (χ2v) is 0.981. The summed E-state index contributed by atoms with van der Waals surface area (Å²) < 4.78 is 24.4. The van der Waals surface area contributed by atoms with Gasteiger partial charge in [-0.15, -0.1) is 0 Å². The molecule has 0 aromatic carbocycles. The normalized spacial score (nSPS) is 4.17. The summed E-state index contributed by atoms with van der Waals surface area (Å²) in [6.07, 6.45) is 0. The Labute approximate surface area is 114 Å². The molecule has 0 unspecified atom stereocenters. The zero-order chi connectivity index (χ0) is 3.58. The van der Waals surface area contributed by atoms with Crippen LogP contribution in [0.3, 0.4) is 0 Å². The van der Waals surface area contributed by atoms with Gasteiger partial charge in [0.1, 0.15) is 0 Å². The molecule has 6 heavy (non-hydrogen) atoms. The molecule has 0 aromatic rings. The van der Waals surface area contributed by atoms with E-state index in [1.165, 1.54) is 0 Å². The number of hydrogen-bond donors (Lipinski definition) is 1.